The first-order valence-electron chi connectivity index (χ1n) is 10.2. The van der Waals surface area contributed by atoms with E-state index in [2.05, 4.69) is 10.4 Å². The highest BCUT2D eigenvalue weighted by molar-refractivity contribution is 7.17. The normalized spacial score (nSPS) is 14.4. The molecule has 2 aromatic rings. The average molecular weight is 438 g/mol. The van der Waals surface area contributed by atoms with Crippen molar-refractivity contribution in [3.63, 3.8) is 0 Å². The van der Waals surface area contributed by atoms with Crippen molar-refractivity contribution in [3.05, 3.63) is 32.4 Å². The largest absolute Gasteiger partial charge is 0.459 e. The number of thiophene rings is 1. The van der Waals surface area contributed by atoms with Gasteiger partial charge in [-0.3, -0.25) is 9.48 Å². The fraction of sp³-hybridized carbons (Fsp3) is 0.571. The number of hydrogen-bond donors (Lipinski definition) is 1. The maximum Gasteiger partial charge on any atom is 0.341 e. The number of hydrogen-bond acceptors (Lipinski definition) is 5. The predicted octanol–water partition coefficient (Wildman–Crippen LogP) is 5.08. The van der Waals surface area contributed by atoms with Crippen LogP contribution in [0, 0.1) is 13.8 Å². The van der Waals surface area contributed by atoms with Gasteiger partial charge in [0.15, 0.2) is 0 Å². The Labute approximate surface area is 180 Å². The number of halogens is 1. The zero-order valence-electron chi connectivity index (χ0n) is 17.4. The molecular formula is C21H28ClN3O3S. The molecule has 1 amide bonds. The monoisotopic (exact) mass is 437 g/mol. The number of ether oxygens (including phenoxy) is 1. The van der Waals surface area contributed by atoms with Crippen molar-refractivity contribution in [2.24, 2.45) is 0 Å². The Morgan fingerprint density at radius 2 is 2.03 bits per heavy atom. The van der Waals surface area contributed by atoms with Crippen LogP contribution in [0.3, 0.4) is 0 Å². The number of carbonyl (C=O) groups excluding carboxylic acids is 2. The van der Waals surface area contributed by atoms with Gasteiger partial charge in [-0.2, -0.15) is 5.10 Å². The number of anilines is 1. The molecule has 1 unspecified atom stereocenters. The third kappa shape index (κ3) is 4.83. The van der Waals surface area contributed by atoms with E-state index >= 15 is 0 Å². The van der Waals surface area contributed by atoms with Gasteiger partial charge in [0.2, 0.25) is 5.91 Å². The molecule has 29 heavy (non-hydrogen) atoms. The summed E-state index contributed by atoms with van der Waals surface area (Å²) in [5.41, 5.74) is 3.20. The van der Waals surface area contributed by atoms with Gasteiger partial charge in [0.25, 0.3) is 0 Å². The average Bonchev–Trinajstić information content (AvgIpc) is 3.18. The molecule has 0 saturated heterocycles. The summed E-state index contributed by atoms with van der Waals surface area (Å²) >= 11 is 7.69. The molecule has 0 fully saturated rings. The number of aromatic nitrogens is 2. The van der Waals surface area contributed by atoms with E-state index in [9.17, 15) is 9.59 Å². The van der Waals surface area contributed by atoms with Gasteiger partial charge in [-0.15, -0.1) is 11.3 Å². The summed E-state index contributed by atoms with van der Waals surface area (Å²) in [6.45, 7) is 8.03. The Hall–Kier alpha value is -1.86. The van der Waals surface area contributed by atoms with E-state index in [4.69, 9.17) is 16.3 Å². The minimum Gasteiger partial charge on any atom is -0.459 e. The lowest BCUT2D eigenvalue weighted by atomic mass is 9.95. The summed E-state index contributed by atoms with van der Waals surface area (Å²) in [5.74, 6) is -0.482. The van der Waals surface area contributed by atoms with Gasteiger partial charge in [0.05, 0.1) is 34.6 Å². The minimum absolute atomic E-state index is 0.148. The van der Waals surface area contributed by atoms with Crippen LogP contribution in [0.4, 0.5) is 5.00 Å². The number of fused-ring (bicyclic) bond motifs is 1. The molecule has 1 aliphatic rings. The summed E-state index contributed by atoms with van der Waals surface area (Å²) in [5, 5.41) is 8.56. The molecule has 2 aromatic heterocycles. The first-order chi connectivity index (χ1) is 13.8. The first-order valence-corrected chi connectivity index (χ1v) is 11.4. The van der Waals surface area contributed by atoms with Crippen molar-refractivity contribution in [1.29, 1.82) is 0 Å². The molecule has 1 N–H and O–H groups in total. The standard InChI is InChI=1S/C21H28ClN3O3S/c1-5-12(2)28-21(27)18-15-8-6-7-9-16(15)29-20(18)23-17(26)10-11-25-14(4)19(22)13(3)24-25/h12H,5-11H2,1-4H3,(H,23,26). The Morgan fingerprint density at radius 3 is 2.69 bits per heavy atom. The lowest BCUT2D eigenvalue weighted by molar-refractivity contribution is -0.116. The molecule has 0 aliphatic heterocycles. The maximum absolute atomic E-state index is 12.8. The molecule has 0 aromatic carbocycles. The third-order valence-corrected chi connectivity index (χ3v) is 7.11. The predicted molar refractivity (Wildman–Crippen MR) is 116 cm³/mol. The summed E-state index contributed by atoms with van der Waals surface area (Å²) in [4.78, 5) is 26.6. The molecule has 1 aliphatic carbocycles. The molecule has 158 valence electrons. The quantitative estimate of drug-likeness (QED) is 0.613. The van der Waals surface area contributed by atoms with E-state index in [1.165, 1.54) is 16.2 Å². The molecule has 0 radical (unpaired) electrons. The maximum atomic E-state index is 12.8. The highest BCUT2D eigenvalue weighted by atomic mass is 35.5. The van der Waals surface area contributed by atoms with Crippen LogP contribution in [0.5, 0.6) is 0 Å². The van der Waals surface area contributed by atoms with Gasteiger partial charge in [-0.05, 0) is 58.4 Å². The molecule has 6 nitrogen and oxygen atoms in total. The van der Waals surface area contributed by atoms with Crippen molar-refractivity contribution in [1.82, 2.24) is 9.78 Å². The van der Waals surface area contributed by atoms with Gasteiger partial charge >= 0.3 is 5.97 Å². The first kappa shape index (κ1) is 21.8. The molecule has 2 heterocycles. The smallest absolute Gasteiger partial charge is 0.341 e. The Balaban J connectivity index is 1.75. The molecule has 1 atom stereocenters. The van der Waals surface area contributed by atoms with Crippen LogP contribution in [0.15, 0.2) is 0 Å². The lowest BCUT2D eigenvalue weighted by Gasteiger charge is -2.15. The topological polar surface area (TPSA) is 73.2 Å². The molecule has 0 spiro atoms. The number of amides is 1. The van der Waals surface area contributed by atoms with E-state index < -0.39 is 0 Å². The van der Waals surface area contributed by atoms with Crippen molar-refractivity contribution >= 4 is 39.8 Å². The molecule has 3 rings (SSSR count). The van der Waals surface area contributed by atoms with Gasteiger partial charge in [0, 0.05) is 11.3 Å². The van der Waals surface area contributed by atoms with Crippen LogP contribution in [-0.2, 0) is 28.9 Å². The molecule has 0 bridgehead atoms. The molecule has 0 saturated carbocycles. The number of carbonyl (C=O) groups is 2. The van der Waals surface area contributed by atoms with Crippen LogP contribution >= 0.6 is 22.9 Å². The molecular weight excluding hydrogens is 410 g/mol. The highest BCUT2D eigenvalue weighted by Gasteiger charge is 2.28. The SMILES string of the molecule is CCC(C)OC(=O)c1c(NC(=O)CCn2nc(C)c(Cl)c2C)sc2c1CCCC2. The van der Waals surface area contributed by atoms with Crippen molar-refractivity contribution in [3.8, 4) is 0 Å². The summed E-state index contributed by atoms with van der Waals surface area (Å²) < 4.78 is 7.33. The minimum atomic E-state index is -0.334. The van der Waals surface area contributed by atoms with E-state index in [-0.39, 0.29) is 24.4 Å². The Morgan fingerprint density at radius 1 is 1.31 bits per heavy atom. The van der Waals surface area contributed by atoms with Gasteiger partial charge in [-0.1, -0.05) is 18.5 Å². The second kappa shape index (κ2) is 9.30. The summed E-state index contributed by atoms with van der Waals surface area (Å²) in [6.07, 6.45) is 4.83. The zero-order chi connectivity index (χ0) is 21.1. The second-order valence-corrected chi connectivity index (χ2v) is 9.03. The summed E-state index contributed by atoms with van der Waals surface area (Å²) in [6, 6.07) is 0. The van der Waals surface area contributed by atoms with Crippen molar-refractivity contribution in [2.45, 2.75) is 78.9 Å². The third-order valence-electron chi connectivity index (χ3n) is 5.36. The van der Waals surface area contributed by atoms with E-state index in [1.54, 1.807) is 4.68 Å². The number of nitrogens with zero attached hydrogens (tertiary/aromatic N) is 2. The highest BCUT2D eigenvalue weighted by Crippen LogP contribution is 2.39. The second-order valence-electron chi connectivity index (χ2n) is 7.55. The van der Waals surface area contributed by atoms with Crippen molar-refractivity contribution in [2.75, 3.05) is 5.32 Å². The number of rotatable bonds is 7. The molecule has 8 heteroatoms. The van der Waals surface area contributed by atoms with E-state index in [0.29, 0.717) is 22.1 Å². The fourth-order valence-electron chi connectivity index (χ4n) is 3.48. The van der Waals surface area contributed by atoms with Crippen LogP contribution in [-0.4, -0.2) is 27.8 Å². The summed E-state index contributed by atoms with van der Waals surface area (Å²) in [7, 11) is 0. The van der Waals surface area contributed by atoms with E-state index in [0.717, 1.165) is 49.1 Å². The Bertz CT molecular complexity index is 919. The fourth-order valence-corrected chi connectivity index (χ4v) is 4.91. The number of esters is 1. The number of aryl methyl sites for hydroxylation is 3. The van der Waals surface area contributed by atoms with Crippen LogP contribution in [0.25, 0.3) is 0 Å². The van der Waals surface area contributed by atoms with E-state index in [1.807, 2.05) is 27.7 Å². The van der Waals surface area contributed by atoms with Gasteiger partial charge in [-0.25, -0.2) is 4.79 Å². The van der Waals surface area contributed by atoms with Crippen LogP contribution in [0.2, 0.25) is 5.02 Å². The van der Waals surface area contributed by atoms with Gasteiger partial charge < -0.3 is 10.1 Å². The van der Waals surface area contributed by atoms with Crippen LogP contribution < -0.4 is 5.32 Å². The van der Waals surface area contributed by atoms with Gasteiger partial charge in [0.1, 0.15) is 5.00 Å². The van der Waals surface area contributed by atoms with Crippen molar-refractivity contribution < 1.29 is 14.3 Å². The lowest BCUT2D eigenvalue weighted by Crippen LogP contribution is -2.19. The van der Waals surface area contributed by atoms with Crippen LogP contribution in [0.1, 0.15) is 71.7 Å². The Kier molecular flexibility index (Phi) is 7.01. The zero-order valence-corrected chi connectivity index (χ0v) is 19.0. The number of nitrogens with one attached hydrogen (secondary N) is 1.